The van der Waals surface area contributed by atoms with Gasteiger partial charge in [-0.15, -0.1) is 0 Å². The van der Waals surface area contributed by atoms with Gasteiger partial charge < -0.3 is 24.6 Å². The monoisotopic (exact) mass is 219 g/mol. The molecule has 0 spiro atoms. The summed E-state index contributed by atoms with van der Waals surface area (Å²) in [6.45, 7) is 1.75. The summed E-state index contributed by atoms with van der Waals surface area (Å²) < 4.78 is 10.8. The molecule has 1 rings (SSSR count). The second kappa shape index (κ2) is 5.23. The SMILES string of the molecule is COC1C(CO)OC(C)C(N(C)C)C1O. The molecule has 1 fully saturated rings. The number of aliphatic hydroxyl groups excluding tert-OH is 2. The highest BCUT2D eigenvalue weighted by atomic mass is 16.6. The predicted octanol–water partition coefficient (Wildman–Crippen LogP) is -0.928. The molecule has 15 heavy (non-hydrogen) atoms. The molecule has 1 saturated heterocycles. The maximum atomic E-state index is 10.1. The van der Waals surface area contributed by atoms with Crippen molar-refractivity contribution in [3.63, 3.8) is 0 Å². The number of rotatable bonds is 3. The first-order chi connectivity index (χ1) is 7.02. The maximum Gasteiger partial charge on any atom is 0.113 e. The standard InChI is InChI=1S/C10H21NO4/c1-6-8(11(2)3)9(13)10(14-4)7(5-12)15-6/h6-10,12-13H,5H2,1-4H3. The van der Waals surface area contributed by atoms with Gasteiger partial charge in [-0.25, -0.2) is 0 Å². The molecular formula is C10H21NO4. The van der Waals surface area contributed by atoms with Crippen LogP contribution in [0, 0.1) is 0 Å². The number of hydrogen-bond acceptors (Lipinski definition) is 5. The molecule has 0 aliphatic carbocycles. The van der Waals surface area contributed by atoms with Crippen molar-refractivity contribution in [2.24, 2.45) is 0 Å². The van der Waals surface area contributed by atoms with Crippen molar-refractivity contribution in [2.75, 3.05) is 27.8 Å². The van der Waals surface area contributed by atoms with Gasteiger partial charge in [-0.1, -0.05) is 0 Å². The van der Waals surface area contributed by atoms with Crippen molar-refractivity contribution in [3.05, 3.63) is 0 Å². The molecule has 5 unspecified atom stereocenters. The molecule has 1 aliphatic heterocycles. The topological polar surface area (TPSA) is 62.2 Å². The van der Waals surface area contributed by atoms with Crippen LogP contribution in [0.15, 0.2) is 0 Å². The van der Waals surface area contributed by atoms with Crippen LogP contribution in [-0.2, 0) is 9.47 Å². The molecule has 2 N–H and O–H groups in total. The van der Waals surface area contributed by atoms with Gasteiger partial charge in [0.25, 0.3) is 0 Å². The Kier molecular flexibility index (Phi) is 4.48. The minimum absolute atomic E-state index is 0.113. The van der Waals surface area contributed by atoms with E-state index in [-0.39, 0.29) is 18.8 Å². The summed E-state index contributed by atoms with van der Waals surface area (Å²) in [6.07, 6.45) is -1.70. The lowest BCUT2D eigenvalue weighted by Crippen LogP contribution is -2.62. The van der Waals surface area contributed by atoms with E-state index in [2.05, 4.69) is 0 Å². The highest BCUT2D eigenvalue weighted by Gasteiger charge is 2.44. The van der Waals surface area contributed by atoms with Crippen LogP contribution in [0.25, 0.3) is 0 Å². The van der Waals surface area contributed by atoms with Gasteiger partial charge >= 0.3 is 0 Å². The summed E-state index contributed by atoms with van der Waals surface area (Å²) >= 11 is 0. The number of likely N-dealkylation sites (N-methyl/N-ethyl adjacent to an activating group) is 1. The lowest BCUT2D eigenvalue weighted by molar-refractivity contribution is -0.212. The average molecular weight is 219 g/mol. The van der Waals surface area contributed by atoms with E-state index in [0.29, 0.717) is 0 Å². The summed E-state index contributed by atoms with van der Waals surface area (Å²) in [6, 6.07) is -0.113. The van der Waals surface area contributed by atoms with E-state index in [4.69, 9.17) is 14.6 Å². The Labute approximate surface area is 90.6 Å². The first-order valence-corrected chi connectivity index (χ1v) is 5.16. The Hall–Kier alpha value is -0.200. The molecule has 0 aromatic rings. The van der Waals surface area contributed by atoms with E-state index in [1.807, 2.05) is 25.9 Å². The van der Waals surface area contributed by atoms with Gasteiger partial charge in [0.1, 0.15) is 18.3 Å². The van der Waals surface area contributed by atoms with Crippen LogP contribution in [0.4, 0.5) is 0 Å². The van der Waals surface area contributed by atoms with E-state index >= 15 is 0 Å². The van der Waals surface area contributed by atoms with Crippen molar-refractivity contribution >= 4 is 0 Å². The lowest BCUT2D eigenvalue weighted by Gasteiger charge is -2.45. The van der Waals surface area contributed by atoms with Crippen molar-refractivity contribution < 1.29 is 19.7 Å². The minimum Gasteiger partial charge on any atom is -0.394 e. The van der Waals surface area contributed by atoms with Gasteiger partial charge in [0, 0.05) is 7.11 Å². The van der Waals surface area contributed by atoms with Gasteiger partial charge in [0.2, 0.25) is 0 Å². The van der Waals surface area contributed by atoms with Crippen LogP contribution in [0.1, 0.15) is 6.92 Å². The van der Waals surface area contributed by atoms with Gasteiger partial charge in [-0.3, -0.25) is 0 Å². The van der Waals surface area contributed by atoms with Gasteiger partial charge in [-0.05, 0) is 21.0 Å². The number of hydrogen-bond donors (Lipinski definition) is 2. The van der Waals surface area contributed by atoms with Gasteiger partial charge in [-0.2, -0.15) is 0 Å². The van der Waals surface area contributed by atoms with E-state index in [0.717, 1.165) is 0 Å². The number of ether oxygens (including phenoxy) is 2. The van der Waals surface area contributed by atoms with Gasteiger partial charge in [0.05, 0.1) is 18.8 Å². The minimum atomic E-state index is -0.647. The second-order valence-corrected chi connectivity index (χ2v) is 4.21. The van der Waals surface area contributed by atoms with Crippen LogP contribution >= 0.6 is 0 Å². The second-order valence-electron chi connectivity index (χ2n) is 4.21. The van der Waals surface area contributed by atoms with E-state index in [9.17, 15) is 5.11 Å². The molecule has 5 atom stereocenters. The van der Waals surface area contributed by atoms with Crippen molar-refractivity contribution in [2.45, 2.75) is 37.4 Å². The molecule has 0 saturated carbocycles. The number of methoxy groups -OCH3 is 1. The van der Waals surface area contributed by atoms with Crippen LogP contribution in [-0.4, -0.2) is 73.4 Å². The molecule has 1 aliphatic rings. The molecule has 0 radical (unpaired) electrons. The highest BCUT2D eigenvalue weighted by molar-refractivity contribution is 4.95. The summed E-state index contributed by atoms with van der Waals surface area (Å²) in [5.41, 5.74) is 0. The number of nitrogens with zero attached hydrogens (tertiary/aromatic N) is 1. The summed E-state index contributed by atoms with van der Waals surface area (Å²) in [5, 5.41) is 19.2. The Morgan fingerprint density at radius 2 is 2.00 bits per heavy atom. The van der Waals surface area contributed by atoms with Crippen LogP contribution < -0.4 is 0 Å². The molecule has 5 nitrogen and oxygen atoms in total. The molecule has 5 heteroatoms. The van der Waals surface area contributed by atoms with Crippen LogP contribution in [0.5, 0.6) is 0 Å². The molecule has 0 bridgehead atoms. The Morgan fingerprint density at radius 1 is 1.40 bits per heavy atom. The molecule has 0 aromatic carbocycles. The zero-order chi connectivity index (χ0) is 11.6. The first kappa shape index (κ1) is 12.9. The molecule has 1 heterocycles. The molecule has 0 aromatic heterocycles. The summed E-state index contributed by atoms with van der Waals surface area (Å²) in [4.78, 5) is 1.91. The molecular weight excluding hydrogens is 198 g/mol. The Balaban J connectivity index is 2.79. The molecule has 90 valence electrons. The Morgan fingerprint density at radius 3 is 2.40 bits per heavy atom. The predicted molar refractivity (Wildman–Crippen MR) is 55.7 cm³/mol. The van der Waals surface area contributed by atoms with E-state index < -0.39 is 18.3 Å². The van der Waals surface area contributed by atoms with E-state index in [1.165, 1.54) is 7.11 Å². The van der Waals surface area contributed by atoms with E-state index in [1.54, 1.807) is 0 Å². The Bertz CT molecular complexity index is 200. The zero-order valence-electron chi connectivity index (χ0n) is 9.75. The fourth-order valence-corrected chi connectivity index (χ4v) is 2.29. The largest absolute Gasteiger partial charge is 0.394 e. The average Bonchev–Trinajstić information content (AvgIpc) is 2.16. The fraction of sp³-hybridized carbons (Fsp3) is 1.00. The third-order valence-corrected chi connectivity index (χ3v) is 2.97. The van der Waals surface area contributed by atoms with Crippen LogP contribution in [0.2, 0.25) is 0 Å². The molecule has 0 amide bonds. The van der Waals surface area contributed by atoms with Crippen molar-refractivity contribution in [1.29, 1.82) is 0 Å². The maximum absolute atomic E-state index is 10.1. The summed E-state index contributed by atoms with van der Waals surface area (Å²) in [5.74, 6) is 0. The number of aliphatic hydroxyl groups is 2. The fourth-order valence-electron chi connectivity index (χ4n) is 2.29. The normalized spacial score (nSPS) is 42.2. The van der Waals surface area contributed by atoms with Crippen molar-refractivity contribution in [3.8, 4) is 0 Å². The van der Waals surface area contributed by atoms with Crippen LogP contribution in [0.3, 0.4) is 0 Å². The highest BCUT2D eigenvalue weighted by Crippen LogP contribution is 2.25. The zero-order valence-corrected chi connectivity index (χ0v) is 9.75. The van der Waals surface area contributed by atoms with Gasteiger partial charge in [0.15, 0.2) is 0 Å². The first-order valence-electron chi connectivity index (χ1n) is 5.16. The third-order valence-electron chi connectivity index (χ3n) is 2.97. The lowest BCUT2D eigenvalue weighted by atomic mass is 9.92. The summed E-state index contributed by atoms with van der Waals surface area (Å²) in [7, 11) is 5.29. The third kappa shape index (κ3) is 2.49. The quantitative estimate of drug-likeness (QED) is 0.642. The van der Waals surface area contributed by atoms with Crippen molar-refractivity contribution in [1.82, 2.24) is 4.90 Å². The smallest absolute Gasteiger partial charge is 0.113 e.